The minimum Gasteiger partial charge on any atom is -0.466 e. The Morgan fingerprint density at radius 3 is 2.42 bits per heavy atom. The number of ether oxygens (including phenoxy) is 1. The third-order valence-corrected chi connectivity index (χ3v) is 5.77. The highest BCUT2D eigenvalue weighted by molar-refractivity contribution is 7.93. The van der Waals surface area contributed by atoms with Crippen LogP contribution in [0.4, 0.5) is 5.69 Å². The predicted molar refractivity (Wildman–Crippen MR) is 94.4 cm³/mol. The number of rotatable bonds is 5. The van der Waals surface area contributed by atoms with Gasteiger partial charge in [-0.3, -0.25) is 10.1 Å². The van der Waals surface area contributed by atoms with Crippen molar-refractivity contribution in [1.82, 2.24) is 10.0 Å². The molecule has 26 heavy (non-hydrogen) atoms. The number of nitrogens with zero attached hydrogens (tertiary/aromatic N) is 1. The quantitative estimate of drug-likeness (QED) is 0.449. The van der Waals surface area contributed by atoms with Crippen molar-refractivity contribution in [2.75, 3.05) is 14.2 Å². The number of esters is 1. The maximum Gasteiger partial charge on any atom is 0.336 e. The van der Waals surface area contributed by atoms with Gasteiger partial charge in [-0.25, -0.2) is 17.9 Å². The summed E-state index contributed by atoms with van der Waals surface area (Å²) in [7, 11) is -1.61. The Morgan fingerprint density at radius 1 is 1.27 bits per heavy atom. The number of methoxy groups -OCH3 is 1. The Bertz CT molecular complexity index is 933. The Labute approximate surface area is 150 Å². The third kappa shape index (κ3) is 3.33. The van der Waals surface area contributed by atoms with E-state index in [0.717, 1.165) is 7.11 Å². The second-order valence-electron chi connectivity index (χ2n) is 5.60. The normalized spacial score (nSPS) is 17.8. The van der Waals surface area contributed by atoms with Crippen LogP contribution in [0.15, 0.2) is 46.1 Å². The molecule has 1 heterocycles. The molecule has 2 N–H and O–H groups in total. The summed E-state index contributed by atoms with van der Waals surface area (Å²) in [6.07, 6.45) is 0. The predicted octanol–water partition coefficient (Wildman–Crippen LogP) is 1.51. The molecule has 0 saturated heterocycles. The molecule has 10 heteroatoms. The smallest absolute Gasteiger partial charge is 0.336 e. The fourth-order valence-corrected chi connectivity index (χ4v) is 4.25. The number of carbonyl (C=O) groups is 1. The first kappa shape index (κ1) is 19.6. The lowest BCUT2D eigenvalue weighted by Gasteiger charge is -2.30. The van der Waals surface area contributed by atoms with Gasteiger partial charge >= 0.3 is 5.97 Å². The Morgan fingerprint density at radius 2 is 1.88 bits per heavy atom. The molecule has 0 spiro atoms. The average Bonchev–Trinajstić information content (AvgIpc) is 2.60. The highest BCUT2D eigenvalue weighted by Crippen LogP contribution is 2.43. The van der Waals surface area contributed by atoms with Gasteiger partial charge in [0.05, 0.1) is 28.4 Å². The summed E-state index contributed by atoms with van der Waals surface area (Å²) in [4.78, 5) is 23.1. The second-order valence-corrected chi connectivity index (χ2v) is 7.46. The molecule has 0 aromatic heterocycles. The molecule has 2 rings (SSSR count). The summed E-state index contributed by atoms with van der Waals surface area (Å²) in [5, 5.41) is 14.3. The van der Waals surface area contributed by atoms with Gasteiger partial charge in [0.15, 0.2) is 0 Å². The Hall–Kier alpha value is -2.72. The Kier molecular flexibility index (Phi) is 5.47. The van der Waals surface area contributed by atoms with Crippen LogP contribution in [0.25, 0.3) is 0 Å². The number of nitrogens with one attached hydrogen (secondary N) is 2. The van der Waals surface area contributed by atoms with E-state index in [0.29, 0.717) is 5.70 Å². The van der Waals surface area contributed by atoms with Gasteiger partial charge in [-0.1, -0.05) is 18.2 Å². The van der Waals surface area contributed by atoms with Crippen LogP contribution >= 0.6 is 0 Å². The van der Waals surface area contributed by atoms with Gasteiger partial charge in [-0.2, -0.15) is 0 Å². The zero-order valence-corrected chi connectivity index (χ0v) is 15.5. The van der Waals surface area contributed by atoms with E-state index in [2.05, 4.69) is 10.0 Å². The van der Waals surface area contributed by atoms with Gasteiger partial charge in [0.25, 0.3) is 5.69 Å². The summed E-state index contributed by atoms with van der Waals surface area (Å²) in [5.41, 5.74) is 0.443. The topological polar surface area (TPSA) is 128 Å². The molecular formula is C16H19N3O6S. The van der Waals surface area contributed by atoms with E-state index in [-0.39, 0.29) is 27.4 Å². The number of benzene rings is 1. The second kappa shape index (κ2) is 7.26. The van der Waals surface area contributed by atoms with Crippen molar-refractivity contribution in [2.45, 2.75) is 19.8 Å². The van der Waals surface area contributed by atoms with Crippen molar-refractivity contribution in [1.29, 1.82) is 0 Å². The van der Waals surface area contributed by atoms with Crippen LogP contribution in [0.1, 0.15) is 25.3 Å². The largest absolute Gasteiger partial charge is 0.466 e. The van der Waals surface area contributed by atoms with Crippen LogP contribution in [0.2, 0.25) is 0 Å². The van der Waals surface area contributed by atoms with Crippen molar-refractivity contribution < 1.29 is 22.9 Å². The fourth-order valence-electron chi connectivity index (χ4n) is 3.02. The van der Waals surface area contributed by atoms with Crippen LogP contribution in [-0.4, -0.2) is 33.5 Å². The van der Waals surface area contributed by atoms with Crippen LogP contribution < -0.4 is 10.0 Å². The maximum atomic E-state index is 12.6. The van der Waals surface area contributed by atoms with E-state index in [1.54, 1.807) is 13.0 Å². The average molecular weight is 381 g/mol. The summed E-state index contributed by atoms with van der Waals surface area (Å²) in [6, 6.07) is 5.72. The summed E-state index contributed by atoms with van der Waals surface area (Å²) < 4.78 is 32.3. The SMILES string of the molecule is CNS(=O)(=O)C1=C(C)NC(C)=C(C(=O)OC)C1c1ccccc1[N+](=O)[O-]. The monoisotopic (exact) mass is 381 g/mol. The number of allylic oxidation sites excluding steroid dienone is 3. The molecule has 0 aliphatic carbocycles. The highest BCUT2D eigenvalue weighted by atomic mass is 32.2. The molecule has 1 aromatic rings. The van der Waals surface area contributed by atoms with Crippen molar-refractivity contribution in [3.05, 3.63) is 61.8 Å². The van der Waals surface area contributed by atoms with Gasteiger partial charge in [-0.05, 0) is 20.9 Å². The van der Waals surface area contributed by atoms with Crippen LogP contribution in [0.5, 0.6) is 0 Å². The molecule has 0 fully saturated rings. The van der Waals surface area contributed by atoms with E-state index in [1.807, 2.05) is 0 Å². The summed E-state index contributed by atoms with van der Waals surface area (Å²) in [6.45, 7) is 3.11. The van der Waals surface area contributed by atoms with Crippen LogP contribution in [0.3, 0.4) is 0 Å². The number of nitro benzene ring substituents is 1. The number of sulfonamides is 1. The van der Waals surface area contributed by atoms with Crippen molar-refractivity contribution in [3.63, 3.8) is 0 Å². The molecule has 1 aliphatic heterocycles. The zero-order valence-electron chi connectivity index (χ0n) is 14.7. The lowest BCUT2D eigenvalue weighted by molar-refractivity contribution is -0.385. The lowest BCUT2D eigenvalue weighted by atomic mass is 9.85. The molecule has 0 saturated carbocycles. The number of carbonyl (C=O) groups excluding carboxylic acids is 1. The lowest BCUT2D eigenvalue weighted by Crippen LogP contribution is -2.35. The first-order valence-electron chi connectivity index (χ1n) is 7.59. The van der Waals surface area contributed by atoms with Crippen LogP contribution in [-0.2, 0) is 19.6 Å². The molecule has 1 unspecified atom stereocenters. The Balaban J connectivity index is 2.89. The molecule has 9 nitrogen and oxygen atoms in total. The van der Waals surface area contributed by atoms with Crippen LogP contribution in [0, 0.1) is 10.1 Å². The summed E-state index contributed by atoms with van der Waals surface area (Å²) in [5.74, 6) is -1.95. The molecular weight excluding hydrogens is 362 g/mol. The number of hydrogen-bond donors (Lipinski definition) is 2. The standard InChI is InChI=1S/C16H19N3O6S/c1-9-13(16(20)25-4)14(11-7-5-6-8-12(11)19(21)22)15(10(2)18-9)26(23,24)17-3/h5-8,14,17-18H,1-4H3. The zero-order chi connectivity index (χ0) is 19.6. The molecule has 0 radical (unpaired) electrons. The first-order chi connectivity index (χ1) is 12.2. The first-order valence-corrected chi connectivity index (χ1v) is 9.07. The number of para-hydroxylation sites is 1. The molecule has 140 valence electrons. The van der Waals surface area contributed by atoms with E-state index < -0.39 is 26.8 Å². The van der Waals surface area contributed by atoms with E-state index in [4.69, 9.17) is 4.74 Å². The van der Waals surface area contributed by atoms with Crippen molar-refractivity contribution >= 4 is 21.7 Å². The maximum absolute atomic E-state index is 12.6. The molecule has 1 aliphatic rings. The van der Waals surface area contributed by atoms with Crippen molar-refractivity contribution in [3.8, 4) is 0 Å². The van der Waals surface area contributed by atoms with E-state index in [9.17, 15) is 23.3 Å². The summed E-state index contributed by atoms with van der Waals surface area (Å²) >= 11 is 0. The minimum absolute atomic E-state index is 0.00113. The van der Waals surface area contributed by atoms with E-state index >= 15 is 0 Å². The van der Waals surface area contributed by atoms with Gasteiger partial charge in [0.2, 0.25) is 10.0 Å². The molecule has 1 atom stereocenters. The molecule has 1 aromatic carbocycles. The van der Waals surface area contributed by atoms with Gasteiger partial charge < -0.3 is 10.1 Å². The molecule has 0 amide bonds. The van der Waals surface area contributed by atoms with E-state index in [1.165, 1.54) is 32.2 Å². The van der Waals surface area contributed by atoms with Gasteiger partial charge in [-0.15, -0.1) is 0 Å². The minimum atomic E-state index is -4.01. The number of nitro groups is 1. The molecule has 0 bridgehead atoms. The highest BCUT2D eigenvalue weighted by Gasteiger charge is 2.42. The number of dihydropyridines is 1. The van der Waals surface area contributed by atoms with Gasteiger partial charge in [0.1, 0.15) is 0 Å². The number of hydrogen-bond acceptors (Lipinski definition) is 7. The van der Waals surface area contributed by atoms with Gasteiger partial charge in [0, 0.05) is 23.0 Å². The fraction of sp³-hybridized carbons (Fsp3) is 0.312. The third-order valence-electron chi connectivity index (χ3n) is 4.11. The van der Waals surface area contributed by atoms with Crippen molar-refractivity contribution in [2.24, 2.45) is 0 Å².